The van der Waals surface area contributed by atoms with Crippen LogP contribution < -0.4 is 19.5 Å². The van der Waals surface area contributed by atoms with Crippen LogP contribution in [0.15, 0.2) is 65.7 Å². The summed E-state index contributed by atoms with van der Waals surface area (Å²) in [5.41, 5.74) is 1.70. The summed E-state index contributed by atoms with van der Waals surface area (Å²) in [5.74, 6) is 0.653. The van der Waals surface area contributed by atoms with Gasteiger partial charge in [-0.25, -0.2) is 9.38 Å². The van der Waals surface area contributed by atoms with E-state index >= 15 is 0 Å². The predicted molar refractivity (Wildman–Crippen MR) is 139 cm³/mol. The number of amidine groups is 1. The Morgan fingerprint density at radius 3 is 2.73 bits per heavy atom. The standard InChI is InChI=1S/C26H21ClFN3O5S/c1-34-20-9-3-16(27)11-19(20)30-24(32)12-23-25(33)31(13-15-2-8-21-22(10-15)36-14-35-21)26(37-23)29-18-6-4-17(28)5-7-18/h2-11,23H,12-14H2,1H3,(H,30,32)/t23-/m0/s1. The van der Waals surface area contributed by atoms with E-state index in [0.717, 1.165) is 5.56 Å². The van der Waals surface area contributed by atoms with E-state index in [1.54, 1.807) is 30.3 Å². The lowest BCUT2D eigenvalue weighted by atomic mass is 10.1. The number of anilines is 1. The van der Waals surface area contributed by atoms with Crippen molar-refractivity contribution < 1.29 is 28.2 Å². The first-order valence-electron chi connectivity index (χ1n) is 11.2. The summed E-state index contributed by atoms with van der Waals surface area (Å²) in [6, 6.07) is 16.0. The van der Waals surface area contributed by atoms with E-state index in [1.807, 2.05) is 6.07 Å². The molecule has 0 aliphatic carbocycles. The number of amides is 2. The molecule has 0 aromatic heterocycles. The summed E-state index contributed by atoms with van der Waals surface area (Å²) in [7, 11) is 1.49. The van der Waals surface area contributed by atoms with Crippen LogP contribution in [0, 0.1) is 5.82 Å². The third-order valence-corrected chi connectivity index (χ3v) is 7.07. The third kappa shape index (κ3) is 5.65. The number of carbonyl (C=O) groups is 2. The number of rotatable bonds is 7. The Hall–Kier alpha value is -3.76. The van der Waals surface area contributed by atoms with E-state index < -0.39 is 5.25 Å². The average Bonchev–Trinajstić information content (AvgIpc) is 3.45. The van der Waals surface area contributed by atoms with Crippen molar-refractivity contribution >= 4 is 51.7 Å². The second-order valence-electron chi connectivity index (χ2n) is 8.19. The number of methoxy groups -OCH3 is 1. The predicted octanol–water partition coefficient (Wildman–Crippen LogP) is 5.38. The quantitative estimate of drug-likeness (QED) is 0.432. The number of halogens is 2. The number of benzene rings is 3. The lowest BCUT2D eigenvalue weighted by Crippen LogP contribution is -2.33. The maximum atomic E-state index is 13.4. The molecule has 11 heteroatoms. The Balaban J connectivity index is 1.37. The van der Waals surface area contributed by atoms with E-state index in [0.29, 0.717) is 38.8 Å². The molecule has 2 heterocycles. The zero-order valence-electron chi connectivity index (χ0n) is 19.6. The van der Waals surface area contributed by atoms with Gasteiger partial charge in [-0.15, -0.1) is 0 Å². The number of thioether (sulfide) groups is 1. The van der Waals surface area contributed by atoms with E-state index in [2.05, 4.69) is 10.3 Å². The molecule has 0 bridgehead atoms. The molecule has 1 N–H and O–H groups in total. The number of aliphatic imine (C=N–C) groups is 1. The molecule has 2 aliphatic heterocycles. The Morgan fingerprint density at radius 1 is 1.16 bits per heavy atom. The molecule has 1 fully saturated rings. The van der Waals surface area contributed by atoms with E-state index in [-0.39, 0.29) is 37.4 Å². The van der Waals surface area contributed by atoms with Gasteiger partial charge in [-0.2, -0.15) is 0 Å². The number of nitrogens with one attached hydrogen (secondary N) is 1. The summed E-state index contributed by atoms with van der Waals surface area (Å²) in [6.07, 6.45) is -0.0980. The molecule has 0 unspecified atom stereocenters. The minimum Gasteiger partial charge on any atom is -0.495 e. The van der Waals surface area contributed by atoms with Crippen LogP contribution in [0.3, 0.4) is 0 Å². The number of fused-ring (bicyclic) bond motifs is 1. The van der Waals surface area contributed by atoms with E-state index in [1.165, 1.54) is 48.0 Å². The average molecular weight is 542 g/mol. The molecule has 2 amide bonds. The fraction of sp³-hybridized carbons (Fsp3) is 0.192. The summed E-state index contributed by atoms with van der Waals surface area (Å²) in [6.45, 7) is 0.353. The molecule has 0 radical (unpaired) electrons. The zero-order chi connectivity index (χ0) is 25.9. The second-order valence-corrected chi connectivity index (χ2v) is 9.79. The third-order valence-electron chi connectivity index (χ3n) is 5.66. The molecule has 5 rings (SSSR count). The molecule has 37 heavy (non-hydrogen) atoms. The second kappa shape index (κ2) is 10.7. The molecule has 0 saturated carbocycles. The Bertz CT molecular complexity index is 1390. The Kier molecular flexibility index (Phi) is 7.20. The van der Waals surface area contributed by atoms with Crippen LogP contribution in [-0.2, 0) is 16.1 Å². The molecule has 0 spiro atoms. The minimum absolute atomic E-state index is 0.0980. The van der Waals surface area contributed by atoms with Crippen LogP contribution in [0.2, 0.25) is 5.02 Å². The molecular formula is C26H21ClFN3O5S. The monoisotopic (exact) mass is 541 g/mol. The van der Waals surface area contributed by atoms with Gasteiger partial charge in [0.05, 0.1) is 25.0 Å². The van der Waals surface area contributed by atoms with Crippen LogP contribution in [0.4, 0.5) is 15.8 Å². The number of ether oxygens (including phenoxy) is 3. The molecule has 190 valence electrons. The molecule has 1 atom stereocenters. The van der Waals surface area contributed by atoms with E-state index in [4.69, 9.17) is 25.8 Å². The van der Waals surface area contributed by atoms with Crippen molar-refractivity contribution in [3.05, 3.63) is 77.1 Å². The summed E-state index contributed by atoms with van der Waals surface area (Å²) in [5, 5.41) is 2.90. The van der Waals surface area contributed by atoms with Crippen LogP contribution in [0.1, 0.15) is 12.0 Å². The fourth-order valence-electron chi connectivity index (χ4n) is 3.87. The normalized spacial score (nSPS) is 17.4. The first kappa shape index (κ1) is 24.9. The largest absolute Gasteiger partial charge is 0.495 e. The van der Waals surface area contributed by atoms with Gasteiger partial charge in [-0.05, 0) is 60.2 Å². The van der Waals surface area contributed by atoms with Crippen molar-refractivity contribution in [1.29, 1.82) is 0 Å². The van der Waals surface area contributed by atoms with Crippen molar-refractivity contribution in [1.82, 2.24) is 4.90 Å². The highest BCUT2D eigenvalue weighted by Gasteiger charge is 2.39. The van der Waals surface area contributed by atoms with Gasteiger partial charge >= 0.3 is 0 Å². The number of nitrogens with zero attached hydrogens (tertiary/aromatic N) is 2. The minimum atomic E-state index is -0.710. The van der Waals surface area contributed by atoms with Gasteiger partial charge in [0.1, 0.15) is 16.8 Å². The lowest BCUT2D eigenvalue weighted by molar-refractivity contribution is -0.128. The van der Waals surface area contributed by atoms with Crippen molar-refractivity contribution in [2.75, 3.05) is 19.2 Å². The van der Waals surface area contributed by atoms with Gasteiger partial charge < -0.3 is 19.5 Å². The molecular weight excluding hydrogens is 521 g/mol. The van der Waals surface area contributed by atoms with E-state index in [9.17, 15) is 14.0 Å². The van der Waals surface area contributed by atoms with Crippen molar-refractivity contribution in [3.63, 3.8) is 0 Å². The van der Waals surface area contributed by atoms with Crippen LogP contribution in [0.25, 0.3) is 0 Å². The molecule has 3 aromatic carbocycles. The topological polar surface area (TPSA) is 89.5 Å². The van der Waals surface area contributed by atoms with Gasteiger partial charge in [-0.3, -0.25) is 14.5 Å². The van der Waals surface area contributed by atoms with Gasteiger partial charge in [0.15, 0.2) is 16.7 Å². The highest BCUT2D eigenvalue weighted by molar-refractivity contribution is 8.15. The first-order chi connectivity index (χ1) is 17.9. The molecule has 3 aromatic rings. The Morgan fingerprint density at radius 2 is 1.95 bits per heavy atom. The highest BCUT2D eigenvalue weighted by Crippen LogP contribution is 2.36. The SMILES string of the molecule is COc1ccc(Cl)cc1NC(=O)C[C@@H]1SC(=Nc2ccc(F)cc2)N(Cc2ccc3c(c2)OCO3)C1=O. The number of hydrogen-bond donors (Lipinski definition) is 1. The maximum absolute atomic E-state index is 13.4. The number of carbonyl (C=O) groups excluding carboxylic acids is 2. The van der Waals surface area contributed by atoms with Crippen LogP contribution >= 0.6 is 23.4 Å². The lowest BCUT2D eigenvalue weighted by Gasteiger charge is -2.17. The van der Waals surface area contributed by atoms with Gasteiger partial charge in [0.2, 0.25) is 18.6 Å². The van der Waals surface area contributed by atoms with Crippen molar-refractivity contribution in [3.8, 4) is 17.2 Å². The summed E-state index contributed by atoms with van der Waals surface area (Å²) >= 11 is 7.24. The molecule has 2 aliphatic rings. The van der Waals surface area contributed by atoms with Gasteiger partial charge in [0, 0.05) is 11.4 Å². The Labute approximate surface area is 221 Å². The zero-order valence-corrected chi connectivity index (χ0v) is 21.1. The maximum Gasteiger partial charge on any atom is 0.242 e. The van der Waals surface area contributed by atoms with Crippen molar-refractivity contribution in [2.45, 2.75) is 18.2 Å². The molecule has 1 saturated heterocycles. The summed E-state index contributed by atoms with van der Waals surface area (Å²) in [4.78, 5) is 32.4. The van der Waals surface area contributed by atoms with Crippen molar-refractivity contribution in [2.24, 2.45) is 4.99 Å². The highest BCUT2D eigenvalue weighted by atomic mass is 35.5. The number of hydrogen-bond acceptors (Lipinski definition) is 7. The van der Waals surface area contributed by atoms with Gasteiger partial charge in [0.25, 0.3) is 0 Å². The fourth-order valence-corrected chi connectivity index (χ4v) is 5.20. The first-order valence-corrected chi connectivity index (χ1v) is 12.5. The van der Waals surface area contributed by atoms with Gasteiger partial charge in [-0.1, -0.05) is 29.4 Å². The van der Waals surface area contributed by atoms with Crippen LogP contribution in [0.5, 0.6) is 17.2 Å². The van der Waals surface area contributed by atoms with Crippen LogP contribution in [-0.4, -0.2) is 41.0 Å². The molecule has 8 nitrogen and oxygen atoms in total. The smallest absolute Gasteiger partial charge is 0.242 e. The summed E-state index contributed by atoms with van der Waals surface area (Å²) < 4.78 is 29.5.